The molecule has 0 saturated heterocycles. The predicted molar refractivity (Wildman–Crippen MR) is 92.3 cm³/mol. The van der Waals surface area contributed by atoms with E-state index in [1.165, 1.54) is 18.2 Å². The topological polar surface area (TPSA) is 89.3 Å². The van der Waals surface area contributed by atoms with Gasteiger partial charge in [0, 0.05) is 14.6 Å². The van der Waals surface area contributed by atoms with Gasteiger partial charge in [-0.3, -0.25) is 4.79 Å². The number of hydrogen-bond donors (Lipinski definition) is 2. The minimum absolute atomic E-state index is 0.118. The summed E-state index contributed by atoms with van der Waals surface area (Å²) in [6.07, 6.45) is 0. The second-order valence-electron chi connectivity index (χ2n) is 4.60. The molecule has 0 radical (unpaired) electrons. The van der Waals surface area contributed by atoms with Crippen molar-refractivity contribution in [2.45, 2.75) is 11.8 Å². The molecule has 1 amide bonds. The summed E-state index contributed by atoms with van der Waals surface area (Å²) in [4.78, 5) is 12.2. The summed E-state index contributed by atoms with van der Waals surface area (Å²) in [5, 5.41) is 7.81. The molecule has 8 heteroatoms. The van der Waals surface area contributed by atoms with E-state index in [2.05, 4.69) is 37.2 Å². The Bertz CT molecular complexity index is 851. The Morgan fingerprint density at radius 1 is 1.09 bits per heavy atom. The van der Waals surface area contributed by atoms with Gasteiger partial charge in [0.2, 0.25) is 10.0 Å². The molecule has 0 unspecified atom stereocenters. The van der Waals surface area contributed by atoms with Gasteiger partial charge >= 0.3 is 0 Å². The van der Waals surface area contributed by atoms with Crippen molar-refractivity contribution >= 4 is 53.5 Å². The molecule has 0 heterocycles. The number of carbonyl (C=O) groups is 1. The molecule has 0 aliphatic rings. The molecule has 2 rings (SSSR count). The first-order chi connectivity index (χ1) is 10.2. The molecule has 2 aromatic rings. The van der Waals surface area contributed by atoms with Gasteiger partial charge in [-0.2, -0.15) is 0 Å². The first-order valence-corrected chi connectivity index (χ1v) is 9.21. The molecule has 0 aromatic heterocycles. The zero-order valence-electron chi connectivity index (χ0n) is 11.4. The molecule has 0 saturated carbocycles. The highest BCUT2D eigenvalue weighted by atomic mass is 79.9. The minimum Gasteiger partial charge on any atom is -0.322 e. The number of anilines is 1. The summed E-state index contributed by atoms with van der Waals surface area (Å²) in [6, 6.07) is 9.41. The predicted octanol–water partition coefficient (Wildman–Crippen LogP) is 3.42. The van der Waals surface area contributed by atoms with Crippen LogP contribution >= 0.6 is 31.9 Å². The van der Waals surface area contributed by atoms with Gasteiger partial charge in [-0.05, 0) is 64.8 Å². The summed E-state index contributed by atoms with van der Waals surface area (Å²) in [5.41, 5.74) is 1.76. The van der Waals surface area contributed by atoms with E-state index in [1.807, 2.05) is 13.0 Å². The van der Waals surface area contributed by atoms with Crippen LogP contribution in [0.1, 0.15) is 15.9 Å². The summed E-state index contributed by atoms with van der Waals surface area (Å²) in [7, 11) is -3.87. The van der Waals surface area contributed by atoms with Gasteiger partial charge in [0.05, 0.1) is 10.5 Å². The van der Waals surface area contributed by atoms with Crippen LogP contribution in [0.5, 0.6) is 0 Å². The van der Waals surface area contributed by atoms with Crippen LogP contribution in [0.4, 0.5) is 5.69 Å². The normalized spacial score (nSPS) is 11.3. The third kappa shape index (κ3) is 3.95. The van der Waals surface area contributed by atoms with Crippen molar-refractivity contribution in [2.75, 3.05) is 5.32 Å². The molecule has 0 atom stereocenters. The number of amides is 1. The lowest BCUT2D eigenvalue weighted by Crippen LogP contribution is -2.16. The molecule has 0 aliphatic heterocycles. The lowest BCUT2D eigenvalue weighted by Gasteiger charge is -2.09. The number of halogens is 2. The highest BCUT2D eigenvalue weighted by Gasteiger charge is 2.16. The molecular formula is C14H12Br2N2O3S. The summed E-state index contributed by atoms with van der Waals surface area (Å²) in [5.74, 6) is -0.431. The number of nitrogens with two attached hydrogens (primary N) is 1. The number of nitrogens with one attached hydrogen (secondary N) is 1. The maximum absolute atomic E-state index is 12.3. The Morgan fingerprint density at radius 2 is 1.73 bits per heavy atom. The van der Waals surface area contributed by atoms with Crippen molar-refractivity contribution in [3.8, 4) is 0 Å². The van der Waals surface area contributed by atoms with Crippen LogP contribution < -0.4 is 10.5 Å². The fourth-order valence-electron chi connectivity index (χ4n) is 1.78. The van der Waals surface area contributed by atoms with Crippen molar-refractivity contribution < 1.29 is 13.2 Å². The van der Waals surface area contributed by atoms with E-state index in [4.69, 9.17) is 5.14 Å². The van der Waals surface area contributed by atoms with Gasteiger partial charge in [-0.15, -0.1) is 0 Å². The fraction of sp³-hybridized carbons (Fsp3) is 0.0714. The largest absolute Gasteiger partial charge is 0.322 e. The van der Waals surface area contributed by atoms with Gasteiger partial charge in [0.1, 0.15) is 0 Å². The zero-order chi connectivity index (χ0) is 16.5. The maximum atomic E-state index is 12.3. The average Bonchev–Trinajstić information content (AvgIpc) is 2.42. The van der Waals surface area contributed by atoms with Crippen molar-refractivity contribution in [3.63, 3.8) is 0 Å². The van der Waals surface area contributed by atoms with Crippen LogP contribution in [0.25, 0.3) is 0 Å². The van der Waals surface area contributed by atoms with E-state index in [-0.39, 0.29) is 10.5 Å². The minimum atomic E-state index is -3.87. The molecule has 0 aliphatic carbocycles. The van der Waals surface area contributed by atoms with Crippen molar-refractivity contribution in [1.29, 1.82) is 0 Å². The second kappa shape index (κ2) is 6.49. The van der Waals surface area contributed by atoms with Gasteiger partial charge < -0.3 is 5.32 Å². The Morgan fingerprint density at radius 3 is 2.32 bits per heavy atom. The molecule has 3 N–H and O–H groups in total. The SMILES string of the molecule is Cc1cc(NC(=O)c2cc(S(N)(=O)=O)ccc2Br)ccc1Br. The van der Waals surface area contributed by atoms with Crippen LogP contribution in [0.15, 0.2) is 50.2 Å². The van der Waals surface area contributed by atoms with Gasteiger partial charge in [0.25, 0.3) is 5.91 Å². The van der Waals surface area contributed by atoms with E-state index in [1.54, 1.807) is 12.1 Å². The Balaban J connectivity index is 2.35. The molecule has 2 aromatic carbocycles. The van der Waals surface area contributed by atoms with Crippen molar-refractivity contribution in [3.05, 3.63) is 56.5 Å². The molecule has 116 valence electrons. The third-order valence-corrected chi connectivity index (χ3v) is 5.42. The molecular weight excluding hydrogens is 436 g/mol. The zero-order valence-corrected chi connectivity index (χ0v) is 15.4. The molecule has 0 fully saturated rings. The van der Waals surface area contributed by atoms with Crippen molar-refractivity contribution in [1.82, 2.24) is 0 Å². The van der Waals surface area contributed by atoms with Crippen LogP contribution in [0.2, 0.25) is 0 Å². The third-order valence-electron chi connectivity index (χ3n) is 2.93. The number of aryl methyl sites for hydroxylation is 1. The Kier molecular flexibility index (Phi) is 5.06. The van der Waals surface area contributed by atoms with E-state index in [9.17, 15) is 13.2 Å². The lowest BCUT2D eigenvalue weighted by atomic mass is 10.2. The van der Waals surface area contributed by atoms with Crippen LogP contribution in [0.3, 0.4) is 0 Å². The Hall–Kier alpha value is -1.22. The summed E-state index contributed by atoms with van der Waals surface area (Å²) < 4.78 is 24.2. The van der Waals surface area contributed by atoms with Gasteiger partial charge in [-0.1, -0.05) is 15.9 Å². The summed E-state index contributed by atoms with van der Waals surface area (Å²) in [6.45, 7) is 1.90. The summed E-state index contributed by atoms with van der Waals surface area (Å²) >= 11 is 6.62. The number of benzene rings is 2. The molecule has 22 heavy (non-hydrogen) atoms. The highest BCUT2D eigenvalue weighted by molar-refractivity contribution is 9.10. The maximum Gasteiger partial charge on any atom is 0.256 e. The fourth-order valence-corrected chi connectivity index (χ4v) is 2.99. The van der Waals surface area contributed by atoms with E-state index < -0.39 is 15.9 Å². The number of sulfonamides is 1. The smallest absolute Gasteiger partial charge is 0.256 e. The van der Waals surface area contributed by atoms with Gasteiger partial charge in [-0.25, -0.2) is 13.6 Å². The molecule has 0 bridgehead atoms. The quantitative estimate of drug-likeness (QED) is 0.755. The number of carbonyl (C=O) groups excluding carboxylic acids is 1. The number of rotatable bonds is 3. The molecule has 0 spiro atoms. The highest BCUT2D eigenvalue weighted by Crippen LogP contribution is 2.24. The average molecular weight is 448 g/mol. The standard InChI is InChI=1S/C14H12Br2N2O3S/c1-8-6-9(2-4-12(8)15)18-14(19)11-7-10(22(17,20)21)3-5-13(11)16/h2-7H,1H3,(H,18,19)(H2,17,20,21). The van der Waals surface area contributed by atoms with Crippen LogP contribution in [0, 0.1) is 6.92 Å². The van der Waals surface area contributed by atoms with Gasteiger partial charge in [0.15, 0.2) is 0 Å². The van der Waals surface area contributed by atoms with Crippen LogP contribution in [-0.4, -0.2) is 14.3 Å². The number of primary sulfonamides is 1. The molecule has 5 nitrogen and oxygen atoms in total. The lowest BCUT2D eigenvalue weighted by molar-refractivity contribution is 0.102. The first kappa shape index (κ1) is 17.1. The Labute approximate surface area is 145 Å². The van der Waals surface area contributed by atoms with E-state index >= 15 is 0 Å². The number of hydrogen-bond acceptors (Lipinski definition) is 3. The first-order valence-electron chi connectivity index (χ1n) is 6.08. The second-order valence-corrected chi connectivity index (χ2v) is 7.87. The monoisotopic (exact) mass is 446 g/mol. The van der Waals surface area contributed by atoms with E-state index in [0.29, 0.717) is 10.2 Å². The van der Waals surface area contributed by atoms with E-state index in [0.717, 1.165) is 10.0 Å². The van der Waals surface area contributed by atoms with Crippen LogP contribution in [-0.2, 0) is 10.0 Å². The van der Waals surface area contributed by atoms with Crippen molar-refractivity contribution in [2.24, 2.45) is 5.14 Å².